The van der Waals surface area contributed by atoms with Crippen molar-refractivity contribution in [3.63, 3.8) is 0 Å². The highest BCUT2D eigenvalue weighted by Crippen LogP contribution is 2.36. The summed E-state index contributed by atoms with van der Waals surface area (Å²) in [6.45, 7) is 1.52. The van der Waals surface area contributed by atoms with Crippen LogP contribution in [0.5, 0.6) is 0 Å². The minimum absolute atomic E-state index is 0.0211. The topological polar surface area (TPSA) is 62.7 Å². The number of carbonyl (C=O) groups is 1. The average molecular weight is 372 g/mol. The van der Waals surface area contributed by atoms with Gasteiger partial charge in [0.2, 0.25) is 0 Å². The molecule has 3 rings (SSSR count). The van der Waals surface area contributed by atoms with Gasteiger partial charge in [0.1, 0.15) is 5.01 Å². The maximum absolute atomic E-state index is 13.2. The summed E-state index contributed by atoms with van der Waals surface area (Å²) in [5.74, 6) is -1.10. The van der Waals surface area contributed by atoms with Crippen LogP contribution in [0.4, 0.5) is 13.2 Å². The molecule has 2 heterocycles. The van der Waals surface area contributed by atoms with E-state index in [1.807, 2.05) is 4.90 Å². The van der Waals surface area contributed by atoms with Crippen LogP contribution in [0.3, 0.4) is 0 Å². The Morgan fingerprint density at radius 3 is 2.84 bits per heavy atom. The van der Waals surface area contributed by atoms with Crippen molar-refractivity contribution in [1.82, 2.24) is 9.88 Å². The number of rotatable bonds is 4. The van der Waals surface area contributed by atoms with E-state index in [0.29, 0.717) is 24.7 Å². The normalized spacial score (nSPS) is 19.1. The smallest absolute Gasteiger partial charge is 0.416 e. The monoisotopic (exact) mass is 372 g/mol. The Labute approximate surface area is 145 Å². The van der Waals surface area contributed by atoms with Crippen molar-refractivity contribution in [3.8, 4) is 0 Å². The standard InChI is InChI=1S/C16H15F3N2O3S/c17-16(18,19)11-4-2-1-3-10(11)13-7-21(5-6-24-13)8-14-20-12(9-25-14)15(22)23/h1-4,9,13H,5-8H2,(H,22,23). The summed E-state index contributed by atoms with van der Waals surface area (Å²) in [5, 5.41) is 11.0. The zero-order valence-electron chi connectivity index (χ0n) is 13.0. The maximum Gasteiger partial charge on any atom is 0.416 e. The van der Waals surface area contributed by atoms with Crippen molar-refractivity contribution in [3.05, 3.63) is 51.5 Å². The highest BCUT2D eigenvalue weighted by atomic mass is 32.1. The highest BCUT2D eigenvalue weighted by molar-refractivity contribution is 7.09. The number of thiazole rings is 1. The number of halogens is 3. The second-order valence-electron chi connectivity index (χ2n) is 5.61. The summed E-state index contributed by atoms with van der Waals surface area (Å²) in [6.07, 6.45) is -5.13. The largest absolute Gasteiger partial charge is 0.476 e. The predicted molar refractivity (Wildman–Crippen MR) is 84.5 cm³/mol. The molecule has 0 saturated carbocycles. The number of carboxylic acid groups (broad SMARTS) is 1. The van der Waals surface area contributed by atoms with Gasteiger partial charge in [-0.3, -0.25) is 4.90 Å². The first-order chi connectivity index (χ1) is 11.8. The number of hydrogen-bond acceptors (Lipinski definition) is 5. The lowest BCUT2D eigenvalue weighted by molar-refractivity contribution is -0.140. The third-order valence-corrected chi connectivity index (χ3v) is 4.73. The van der Waals surface area contributed by atoms with Gasteiger partial charge < -0.3 is 9.84 Å². The molecule has 25 heavy (non-hydrogen) atoms. The summed E-state index contributed by atoms with van der Waals surface area (Å²) in [6, 6.07) is 5.41. The Balaban J connectivity index is 1.74. The highest BCUT2D eigenvalue weighted by Gasteiger charge is 2.36. The van der Waals surface area contributed by atoms with E-state index >= 15 is 0 Å². The number of nitrogens with zero attached hydrogens (tertiary/aromatic N) is 2. The number of ether oxygens (including phenoxy) is 1. The van der Waals surface area contributed by atoms with Crippen LogP contribution in [-0.4, -0.2) is 40.7 Å². The van der Waals surface area contributed by atoms with Crippen LogP contribution in [-0.2, 0) is 17.5 Å². The van der Waals surface area contributed by atoms with Crippen molar-refractivity contribution in [1.29, 1.82) is 0 Å². The summed E-state index contributed by atoms with van der Waals surface area (Å²) in [7, 11) is 0. The van der Waals surface area contributed by atoms with E-state index in [0.717, 1.165) is 6.07 Å². The van der Waals surface area contributed by atoms with E-state index in [-0.39, 0.29) is 17.8 Å². The number of benzene rings is 1. The number of morpholine rings is 1. The summed E-state index contributed by atoms with van der Waals surface area (Å²) in [4.78, 5) is 16.8. The van der Waals surface area contributed by atoms with Gasteiger partial charge in [-0.05, 0) is 11.6 Å². The Morgan fingerprint density at radius 2 is 2.16 bits per heavy atom. The third kappa shape index (κ3) is 4.17. The van der Waals surface area contributed by atoms with Crippen LogP contribution in [0, 0.1) is 0 Å². The maximum atomic E-state index is 13.2. The van der Waals surface area contributed by atoms with Gasteiger partial charge >= 0.3 is 12.1 Å². The molecule has 9 heteroatoms. The lowest BCUT2D eigenvalue weighted by atomic mass is 10.0. The fourth-order valence-electron chi connectivity index (χ4n) is 2.74. The van der Waals surface area contributed by atoms with Gasteiger partial charge in [-0.15, -0.1) is 11.3 Å². The van der Waals surface area contributed by atoms with Gasteiger partial charge in [0.25, 0.3) is 0 Å². The third-order valence-electron chi connectivity index (χ3n) is 3.89. The molecule has 1 aliphatic heterocycles. The molecule has 1 saturated heterocycles. The molecule has 0 spiro atoms. The molecule has 5 nitrogen and oxygen atoms in total. The lowest BCUT2D eigenvalue weighted by Gasteiger charge is -2.33. The molecule has 1 unspecified atom stereocenters. The van der Waals surface area contributed by atoms with E-state index in [1.54, 1.807) is 6.07 Å². The molecular weight excluding hydrogens is 357 g/mol. The average Bonchev–Trinajstić information content (AvgIpc) is 3.03. The number of hydrogen-bond donors (Lipinski definition) is 1. The summed E-state index contributed by atoms with van der Waals surface area (Å²) >= 11 is 1.22. The fourth-order valence-corrected chi connectivity index (χ4v) is 3.55. The van der Waals surface area contributed by atoms with Crippen LogP contribution in [0.1, 0.15) is 32.7 Å². The Bertz CT molecular complexity index is 763. The van der Waals surface area contributed by atoms with E-state index in [4.69, 9.17) is 9.84 Å². The minimum Gasteiger partial charge on any atom is -0.476 e. The van der Waals surface area contributed by atoms with Gasteiger partial charge in [0.05, 0.1) is 24.8 Å². The van der Waals surface area contributed by atoms with Gasteiger partial charge in [0, 0.05) is 18.5 Å². The van der Waals surface area contributed by atoms with Crippen molar-refractivity contribution < 1.29 is 27.8 Å². The molecule has 1 aliphatic rings. The van der Waals surface area contributed by atoms with Crippen LogP contribution in [0.15, 0.2) is 29.6 Å². The second-order valence-corrected chi connectivity index (χ2v) is 6.55. The van der Waals surface area contributed by atoms with E-state index in [2.05, 4.69) is 4.98 Å². The fraction of sp³-hybridized carbons (Fsp3) is 0.375. The predicted octanol–water partition coefficient (Wildman–Crippen LogP) is 3.43. The van der Waals surface area contributed by atoms with Gasteiger partial charge in [-0.25, -0.2) is 9.78 Å². The zero-order chi connectivity index (χ0) is 18.0. The second kappa shape index (κ2) is 7.11. The lowest BCUT2D eigenvalue weighted by Crippen LogP contribution is -2.38. The van der Waals surface area contributed by atoms with E-state index < -0.39 is 23.8 Å². The molecule has 1 fully saturated rings. The van der Waals surface area contributed by atoms with Crippen LogP contribution >= 0.6 is 11.3 Å². The molecular formula is C16H15F3N2O3S. The van der Waals surface area contributed by atoms with Crippen LogP contribution < -0.4 is 0 Å². The summed E-state index contributed by atoms with van der Waals surface area (Å²) in [5.41, 5.74) is -0.596. The Hall–Kier alpha value is -1.97. The van der Waals surface area contributed by atoms with Crippen molar-refractivity contribution in [2.45, 2.75) is 18.8 Å². The first kappa shape index (κ1) is 17.8. The van der Waals surface area contributed by atoms with Gasteiger partial charge in [-0.2, -0.15) is 13.2 Å². The first-order valence-electron chi connectivity index (χ1n) is 7.52. The Morgan fingerprint density at radius 1 is 1.40 bits per heavy atom. The molecule has 1 N–H and O–H groups in total. The van der Waals surface area contributed by atoms with Gasteiger partial charge in [-0.1, -0.05) is 18.2 Å². The SMILES string of the molecule is O=C(O)c1csc(CN2CCOC(c3ccccc3C(F)(F)F)C2)n1. The molecule has 134 valence electrons. The number of aromatic carboxylic acids is 1. The molecule has 0 radical (unpaired) electrons. The van der Waals surface area contributed by atoms with Crippen molar-refractivity contribution >= 4 is 17.3 Å². The quantitative estimate of drug-likeness (QED) is 0.891. The van der Waals surface area contributed by atoms with Gasteiger partial charge in [0.15, 0.2) is 5.69 Å². The number of aromatic nitrogens is 1. The van der Waals surface area contributed by atoms with Crippen LogP contribution in [0.2, 0.25) is 0 Å². The van der Waals surface area contributed by atoms with E-state index in [1.165, 1.54) is 28.8 Å². The number of alkyl halides is 3. The number of carboxylic acids is 1. The molecule has 0 amide bonds. The molecule has 1 aromatic carbocycles. The van der Waals surface area contributed by atoms with Crippen molar-refractivity contribution in [2.24, 2.45) is 0 Å². The summed E-state index contributed by atoms with van der Waals surface area (Å²) < 4.78 is 45.1. The molecule has 2 aromatic rings. The van der Waals surface area contributed by atoms with Crippen molar-refractivity contribution in [2.75, 3.05) is 19.7 Å². The van der Waals surface area contributed by atoms with Crippen LogP contribution in [0.25, 0.3) is 0 Å². The van der Waals surface area contributed by atoms with E-state index in [9.17, 15) is 18.0 Å². The molecule has 1 atom stereocenters. The minimum atomic E-state index is -4.44. The Kier molecular flexibility index (Phi) is 5.07. The molecule has 0 bridgehead atoms. The molecule has 1 aromatic heterocycles. The first-order valence-corrected chi connectivity index (χ1v) is 8.40. The zero-order valence-corrected chi connectivity index (χ0v) is 13.8. The molecule has 0 aliphatic carbocycles.